The van der Waals surface area contributed by atoms with Gasteiger partial charge in [0, 0.05) is 29.8 Å². The molecule has 2 aromatic carbocycles. The van der Waals surface area contributed by atoms with Gasteiger partial charge in [0.05, 0.1) is 16.8 Å². The van der Waals surface area contributed by atoms with Crippen molar-refractivity contribution in [3.05, 3.63) is 59.0 Å². The molecule has 0 N–H and O–H groups in total. The Balaban J connectivity index is 1.96. The number of ether oxygens (including phenoxy) is 1. The Kier molecular flexibility index (Phi) is 4.99. The Morgan fingerprint density at radius 3 is 2.41 bits per heavy atom. The van der Waals surface area contributed by atoms with Crippen LogP contribution in [-0.4, -0.2) is 24.8 Å². The van der Waals surface area contributed by atoms with E-state index in [1.807, 2.05) is 18.2 Å². The van der Waals surface area contributed by atoms with Crippen LogP contribution in [0.25, 0.3) is 21.9 Å². The van der Waals surface area contributed by atoms with Crippen molar-refractivity contribution in [1.82, 2.24) is 4.57 Å². The summed E-state index contributed by atoms with van der Waals surface area (Å²) in [5.74, 6) is 1.21. The quantitative estimate of drug-likeness (QED) is 0.610. The number of nitrogens with zero attached hydrogens (tertiary/aromatic N) is 1. The lowest BCUT2D eigenvalue weighted by Crippen LogP contribution is -2.17. The third-order valence-electron chi connectivity index (χ3n) is 5.45. The van der Waals surface area contributed by atoms with Gasteiger partial charge in [0.25, 0.3) is 5.56 Å². The Bertz CT molecular complexity index is 1240. The lowest BCUT2D eigenvalue weighted by atomic mass is 10.00. The monoisotopic (exact) mass is 411 g/mol. The van der Waals surface area contributed by atoms with Crippen molar-refractivity contribution in [3.8, 4) is 16.9 Å². The SMILES string of the molecule is CC(C)S(=O)(=O)c1ccc(OCC2CC2)c(-c2cn(C)c(=O)c3ccccc23)c1. The summed E-state index contributed by atoms with van der Waals surface area (Å²) in [5, 5.41) is 0.856. The third kappa shape index (κ3) is 3.69. The molecule has 5 nitrogen and oxygen atoms in total. The molecule has 0 aliphatic heterocycles. The summed E-state index contributed by atoms with van der Waals surface area (Å²) in [6.45, 7) is 3.97. The molecule has 1 aliphatic rings. The van der Waals surface area contributed by atoms with Crippen LogP contribution in [0.4, 0.5) is 0 Å². The predicted molar refractivity (Wildman–Crippen MR) is 115 cm³/mol. The van der Waals surface area contributed by atoms with Crippen molar-refractivity contribution in [1.29, 1.82) is 0 Å². The van der Waals surface area contributed by atoms with E-state index in [4.69, 9.17) is 4.74 Å². The topological polar surface area (TPSA) is 65.4 Å². The van der Waals surface area contributed by atoms with E-state index in [0.29, 0.717) is 29.2 Å². The molecule has 4 rings (SSSR count). The molecule has 1 heterocycles. The highest BCUT2D eigenvalue weighted by Crippen LogP contribution is 2.38. The summed E-state index contributed by atoms with van der Waals surface area (Å²) in [7, 11) is -1.73. The van der Waals surface area contributed by atoms with E-state index in [9.17, 15) is 13.2 Å². The minimum atomic E-state index is -3.44. The molecule has 1 saturated carbocycles. The molecular formula is C23H25NO4S. The fraction of sp³-hybridized carbons (Fsp3) is 0.348. The molecule has 152 valence electrons. The van der Waals surface area contributed by atoms with Gasteiger partial charge in [-0.1, -0.05) is 18.2 Å². The van der Waals surface area contributed by atoms with Gasteiger partial charge in [-0.3, -0.25) is 4.79 Å². The van der Waals surface area contributed by atoms with Gasteiger partial charge in [-0.05, 0) is 62.3 Å². The average Bonchev–Trinajstić information content (AvgIpc) is 3.53. The van der Waals surface area contributed by atoms with Gasteiger partial charge in [-0.2, -0.15) is 0 Å². The number of hydrogen-bond donors (Lipinski definition) is 0. The van der Waals surface area contributed by atoms with Crippen molar-refractivity contribution >= 4 is 20.6 Å². The molecule has 0 unspecified atom stereocenters. The highest BCUT2D eigenvalue weighted by atomic mass is 32.2. The Labute approximate surface area is 170 Å². The molecule has 1 aromatic heterocycles. The first-order chi connectivity index (χ1) is 13.8. The van der Waals surface area contributed by atoms with Gasteiger partial charge < -0.3 is 9.30 Å². The molecule has 6 heteroatoms. The van der Waals surface area contributed by atoms with Gasteiger partial charge in [0.2, 0.25) is 0 Å². The molecule has 1 fully saturated rings. The average molecular weight is 412 g/mol. The number of benzene rings is 2. The van der Waals surface area contributed by atoms with E-state index >= 15 is 0 Å². The van der Waals surface area contributed by atoms with Crippen LogP contribution in [0.3, 0.4) is 0 Å². The van der Waals surface area contributed by atoms with E-state index in [0.717, 1.165) is 23.8 Å². The van der Waals surface area contributed by atoms with E-state index in [2.05, 4.69) is 0 Å². The maximum Gasteiger partial charge on any atom is 0.258 e. The van der Waals surface area contributed by atoms with Gasteiger partial charge in [0.15, 0.2) is 9.84 Å². The van der Waals surface area contributed by atoms with Gasteiger partial charge in [-0.25, -0.2) is 8.42 Å². The van der Waals surface area contributed by atoms with Crippen LogP contribution in [0, 0.1) is 5.92 Å². The van der Waals surface area contributed by atoms with E-state index in [1.54, 1.807) is 51.4 Å². The summed E-state index contributed by atoms with van der Waals surface area (Å²) in [6.07, 6.45) is 4.09. The van der Waals surface area contributed by atoms with E-state index in [1.165, 1.54) is 4.57 Å². The molecule has 0 spiro atoms. The second kappa shape index (κ2) is 7.34. The van der Waals surface area contributed by atoms with Crippen molar-refractivity contribution < 1.29 is 13.2 Å². The maximum absolute atomic E-state index is 12.8. The zero-order valence-electron chi connectivity index (χ0n) is 16.9. The highest BCUT2D eigenvalue weighted by Gasteiger charge is 2.25. The first-order valence-electron chi connectivity index (χ1n) is 9.88. The first-order valence-corrected chi connectivity index (χ1v) is 11.4. The van der Waals surface area contributed by atoms with Crippen molar-refractivity contribution in [3.63, 3.8) is 0 Å². The lowest BCUT2D eigenvalue weighted by molar-refractivity contribution is 0.301. The Hall–Kier alpha value is -2.60. The molecule has 1 aliphatic carbocycles. The molecular weight excluding hydrogens is 386 g/mol. The molecule has 29 heavy (non-hydrogen) atoms. The number of aromatic nitrogens is 1. The van der Waals surface area contributed by atoms with Gasteiger partial charge in [0.1, 0.15) is 5.75 Å². The summed E-state index contributed by atoms with van der Waals surface area (Å²) in [6, 6.07) is 12.4. The molecule has 0 radical (unpaired) electrons. The maximum atomic E-state index is 12.8. The Morgan fingerprint density at radius 2 is 1.76 bits per heavy atom. The molecule has 0 saturated heterocycles. The van der Waals surface area contributed by atoms with E-state index in [-0.39, 0.29) is 10.5 Å². The molecule has 0 amide bonds. The smallest absolute Gasteiger partial charge is 0.258 e. The number of rotatable bonds is 6. The zero-order chi connectivity index (χ0) is 20.8. The van der Waals surface area contributed by atoms with Crippen LogP contribution in [0.15, 0.2) is 58.4 Å². The molecule has 0 bridgehead atoms. The lowest BCUT2D eigenvalue weighted by Gasteiger charge is -2.17. The fourth-order valence-corrected chi connectivity index (χ4v) is 4.50. The summed E-state index contributed by atoms with van der Waals surface area (Å²) < 4.78 is 33.2. The predicted octanol–water partition coefficient (Wildman–Crippen LogP) is 4.18. The second-order valence-corrected chi connectivity index (χ2v) is 10.5. The van der Waals surface area contributed by atoms with Gasteiger partial charge in [-0.15, -0.1) is 0 Å². The van der Waals surface area contributed by atoms with Crippen molar-refractivity contribution in [2.24, 2.45) is 13.0 Å². The fourth-order valence-electron chi connectivity index (χ4n) is 3.42. The number of fused-ring (bicyclic) bond motifs is 1. The summed E-state index contributed by atoms with van der Waals surface area (Å²) in [4.78, 5) is 12.8. The largest absolute Gasteiger partial charge is 0.493 e. The van der Waals surface area contributed by atoms with Crippen LogP contribution >= 0.6 is 0 Å². The van der Waals surface area contributed by atoms with Crippen LogP contribution in [0.2, 0.25) is 0 Å². The van der Waals surface area contributed by atoms with Crippen LogP contribution in [0.5, 0.6) is 5.75 Å². The number of sulfone groups is 1. The van der Waals surface area contributed by atoms with Crippen molar-refractivity contribution in [2.45, 2.75) is 36.8 Å². The standard InChI is InChI=1S/C23H25NO4S/c1-15(2)29(26,27)17-10-11-22(28-14-16-8-9-16)20(12-17)21-13-24(3)23(25)19-7-5-4-6-18(19)21/h4-7,10-13,15-16H,8-9,14H2,1-3H3. The number of hydrogen-bond acceptors (Lipinski definition) is 4. The van der Waals surface area contributed by atoms with Crippen LogP contribution in [0.1, 0.15) is 26.7 Å². The number of aryl methyl sites for hydroxylation is 1. The van der Waals surface area contributed by atoms with Crippen LogP contribution in [-0.2, 0) is 16.9 Å². The highest BCUT2D eigenvalue weighted by molar-refractivity contribution is 7.92. The zero-order valence-corrected chi connectivity index (χ0v) is 17.7. The molecule has 0 atom stereocenters. The number of pyridine rings is 1. The molecule has 3 aromatic rings. The summed E-state index contributed by atoms with van der Waals surface area (Å²) >= 11 is 0. The first kappa shape index (κ1) is 19.7. The van der Waals surface area contributed by atoms with Crippen LogP contribution < -0.4 is 10.3 Å². The summed E-state index contributed by atoms with van der Waals surface area (Å²) in [5.41, 5.74) is 1.39. The van der Waals surface area contributed by atoms with Crippen molar-refractivity contribution in [2.75, 3.05) is 6.61 Å². The minimum absolute atomic E-state index is 0.0873. The second-order valence-electron chi connectivity index (χ2n) is 8.01. The Morgan fingerprint density at radius 1 is 1.07 bits per heavy atom. The van der Waals surface area contributed by atoms with Gasteiger partial charge >= 0.3 is 0 Å². The van der Waals surface area contributed by atoms with E-state index < -0.39 is 15.1 Å². The normalized spacial score (nSPS) is 14.5. The third-order valence-corrected chi connectivity index (χ3v) is 7.60. The minimum Gasteiger partial charge on any atom is -0.493 e.